The number of hydrogen-bond donors (Lipinski definition) is 0. The van der Waals surface area contributed by atoms with Crippen molar-refractivity contribution in [3.63, 3.8) is 0 Å². The summed E-state index contributed by atoms with van der Waals surface area (Å²) in [6, 6.07) is 29.6. The number of ether oxygens (including phenoxy) is 1. The van der Waals surface area contributed by atoms with Crippen LogP contribution in [0, 0.1) is 11.8 Å². The molecule has 0 fully saturated rings. The van der Waals surface area contributed by atoms with Gasteiger partial charge in [0, 0.05) is 24.9 Å². The van der Waals surface area contributed by atoms with Gasteiger partial charge in [0.25, 0.3) is 0 Å². The lowest BCUT2D eigenvalue weighted by Gasteiger charge is -2.49. The Morgan fingerprint density at radius 3 is 2.03 bits per heavy atom. The molecule has 4 aliphatic rings. The molecule has 4 aromatic rings. The fourth-order valence-electron chi connectivity index (χ4n) is 6.23. The lowest BCUT2D eigenvalue weighted by atomic mass is 9.59. The minimum atomic E-state index is -0.609. The van der Waals surface area contributed by atoms with Gasteiger partial charge in [-0.2, -0.15) is 0 Å². The van der Waals surface area contributed by atoms with Crippen LogP contribution in [-0.4, -0.2) is 17.1 Å². The summed E-state index contributed by atoms with van der Waals surface area (Å²) in [6.45, 7) is 0. The van der Waals surface area contributed by atoms with Crippen molar-refractivity contribution in [2.45, 2.75) is 11.5 Å². The number of allylic oxidation sites excluding steroid dienone is 3. The molecule has 0 unspecified atom stereocenters. The number of para-hydroxylation sites is 2. The third-order valence-corrected chi connectivity index (χ3v) is 7.70. The minimum absolute atomic E-state index is 0.154. The Hall–Kier alpha value is -3.82. The van der Waals surface area contributed by atoms with Crippen molar-refractivity contribution in [2.24, 2.45) is 11.8 Å². The van der Waals surface area contributed by atoms with E-state index in [-0.39, 0.29) is 17.8 Å². The lowest BCUT2D eigenvalue weighted by molar-refractivity contribution is -0.0404. The van der Waals surface area contributed by atoms with E-state index in [0.29, 0.717) is 0 Å². The zero-order valence-corrected chi connectivity index (χ0v) is 18.9. The molecule has 2 bridgehead atoms. The topological polar surface area (TPSA) is 35.0 Å². The van der Waals surface area contributed by atoms with Crippen molar-refractivity contribution in [2.75, 3.05) is 7.11 Å². The van der Waals surface area contributed by atoms with Crippen LogP contribution >= 0.6 is 0 Å². The van der Waals surface area contributed by atoms with Gasteiger partial charge in [-0.25, -0.2) is 9.97 Å². The van der Waals surface area contributed by atoms with E-state index >= 15 is 0 Å². The molecular formula is C31H24N2O. The van der Waals surface area contributed by atoms with Gasteiger partial charge in [-0.05, 0) is 40.5 Å². The molecule has 3 aromatic carbocycles. The van der Waals surface area contributed by atoms with Gasteiger partial charge < -0.3 is 4.74 Å². The van der Waals surface area contributed by atoms with Gasteiger partial charge in [0.05, 0.1) is 22.4 Å². The number of hydrogen-bond acceptors (Lipinski definition) is 3. The van der Waals surface area contributed by atoms with Crippen molar-refractivity contribution < 1.29 is 4.74 Å². The number of methoxy groups -OCH3 is 1. The van der Waals surface area contributed by atoms with E-state index in [2.05, 4.69) is 91.0 Å². The molecule has 34 heavy (non-hydrogen) atoms. The molecule has 4 aliphatic carbocycles. The smallest absolute Gasteiger partial charge is 0.136 e. The first-order valence-corrected chi connectivity index (χ1v) is 11.8. The van der Waals surface area contributed by atoms with E-state index in [9.17, 15) is 0 Å². The summed E-state index contributed by atoms with van der Waals surface area (Å²) in [5.74, 6) is 0.567. The summed E-state index contributed by atoms with van der Waals surface area (Å²) in [4.78, 5) is 10.2. The van der Waals surface area contributed by atoms with Gasteiger partial charge in [-0.3, -0.25) is 0 Å². The summed E-state index contributed by atoms with van der Waals surface area (Å²) in [5.41, 5.74) is 8.36. The van der Waals surface area contributed by atoms with Gasteiger partial charge in [-0.15, -0.1) is 0 Å². The highest BCUT2D eigenvalue weighted by molar-refractivity contribution is 5.85. The molecule has 0 aliphatic heterocycles. The molecular weight excluding hydrogens is 416 g/mol. The zero-order chi connectivity index (χ0) is 22.7. The SMILES string of the molecule is CO[C@]12C=C[C@H](c3nc4ccccc4nc31)[C@H]1C(=C(c3ccccc3)c3ccccc3)C=C[C@H]12. The molecule has 1 heterocycles. The Morgan fingerprint density at radius 1 is 0.765 bits per heavy atom. The molecule has 164 valence electrons. The van der Waals surface area contributed by atoms with E-state index in [1.165, 1.54) is 22.3 Å². The molecule has 0 saturated carbocycles. The summed E-state index contributed by atoms with van der Waals surface area (Å²) in [7, 11) is 1.80. The van der Waals surface area contributed by atoms with Crippen LogP contribution < -0.4 is 0 Å². The van der Waals surface area contributed by atoms with Gasteiger partial charge in [-0.1, -0.05) is 91.0 Å². The highest BCUT2D eigenvalue weighted by Gasteiger charge is 2.57. The molecule has 3 heteroatoms. The van der Waals surface area contributed by atoms with Crippen LogP contribution in [0.2, 0.25) is 0 Å². The maximum absolute atomic E-state index is 6.33. The van der Waals surface area contributed by atoms with Crippen LogP contribution in [0.15, 0.2) is 115 Å². The van der Waals surface area contributed by atoms with Crippen LogP contribution in [0.25, 0.3) is 16.6 Å². The average Bonchev–Trinajstić information content (AvgIpc) is 3.36. The molecule has 4 atom stereocenters. The summed E-state index contributed by atoms with van der Waals surface area (Å²) in [5, 5.41) is 0. The average molecular weight is 441 g/mol. The Morgan fingerprint density at radius 2 is 1.38 bits per heavy atom. The van der Waals surface area contributed by atoms with Crippen molar-refractivity contribution in [1.82, 2.24) is 9.97 Å². The van der Waals surface area contributed by atoms with E-state index < -0.39 is 5.60 Å². The minimum Gasteiger partial charge on any atom is -0.367 e. The Bertz CT molecular complexity index is 1460. The van der Waals surface area contributed by atoms with Crippen molar-refractivity contribution in [1.29, 1.82) is 0 Å². The van der Waals surface area contributed by atoms with E-state index in [1.807, 2.05) is 18.2 Å². The van der Waals surface area contributed by atoms with E-state index in [0.717, 1.165) is 22.4 Å². The molecule has 0 amide bonds. The fourth-order valence-corrected chi connectivity index (χ4v) is 6.23. The second kappa shape index (κ2) is 7.34. The lowest BCUT2D eigenvalue weighted by Crippen LogP contribution is -2.48. The maximum atomic E-state index is 6.33. The number of nitrogens with zero attached hydrogens (tertiary/aromatic N) is 2. The number of benzene rings is 3. The number of aromatic nitrogens is 2. The summed E-state index contributed by atoms with van der Waals surface area (Å²) in [6.07, 6.45) is 9.19. The third-order valence-electron chi connectivity index (χ3n) is 7.70. The molecule has 0 radical (unpaired) electrons. The van der Waals surface area contributed by atoms with Crippen molar-refractivity contribution >= 4 is 16.6 Å². The third kappa shape index (κ3) is 2.62. The Kier molecular flexibility index (Phi) is 4.24. The Balaban J connectivity index is 1.49. The molecule has 8 rings (SSSR count). The molecule has 0 saturated heterocycles. The van der Waals surface area contributed by atoms with Crippen molar-refractivity contribution in [3.8, 4) is 0 Å². The standard InChI is InChI=1S/C31H24N2O/c1-34-31-19-18-23(29-30(31)33-26-15-9-8-14-25(26)32-29)28-22(16-17-24(28)31)27(20-10-4-2-5-11-20)21-12-6-3-7-13-21/h2-19,23-24,28H,1H3/t23-,24+,28+,31-/m0/s1. The Labute approximate surface area is 199 Å². The summed E-state index contributed by atoms with van der Waals surface area (Å²) < 4.78 is 6.33. The monoisotopic (exact) mass is 440 g/mol. The first kappa shape index (κ1) is 19.6. The van der Waals surface area contributed by atoms with Gasteiger partial charge in [0.2, 0.25) is 0 Å². The molecule has 3 nitrogen and oxygen atoms in total. The largest absolute Gasteiger partial charge is 0.367 e. The van der Waals surface area contributed by atoms with Crippen molar-refractivity contribution in [3.05, 3.63) is 137 Å². The predicted molar refractivity (Wildman–Crippen MR) is 135 cm³/mol. The quantitative estimate of drug-likeness (QED) is 0.344. The number of fused-ring (bicyclic) bond motifs is 1. The molecule has 0 spiro atoms. The fraction of sp³-hybridized carbons (Fsp3) is 0.161. The summed E-state index contributed by atoms with van der Waals surface area (Å²) >= 11 is 0. The molecule has 1 aromatic heterocycles. The second-order valence-electron chi connectivity index (χ2n) is 9.30. The van der Waals surface area contributed by atoms with Crippen LogP contribution in [0.3, 0.4) is 0 Å². The highest BCUT2D eigenvalue weighted by Crippen LogP contribution is 2.61. The van der Waals surface area contributed by atoms with E-state index in [1.54, 1.807) is 7.11 Å². The first-order valence-electron chi connectivity index (χ1n) is 11.8. The highest BCUT2D eigenvalue weighted by atomic mass is 16.5. The second-order valence-corrected chi connectivity index (χ2v) is 9.30. The zero-order valence-electron chi connectivity index (χ0n) is 18.9. The van der Waals surface area contributed by atoms with Gasteiger partial charge in [0.1, 0.15) is 5.60 Å². The maximum Gasteiger partial charge on any atom is 0.136 e. The first-order chi connectivity index (χ1) is 16.8. The van der Waals surface area contributed by atoms with Gasteiger partial charge >= 0.3 is 0 Å². The molecule has 0 N–H and O–H groups in total. The van der Waals surface area contributed by atoms with Crippen LogP contribution in [0.4, 0.5) is 0 Å². The van der Waals surface area contributed by atoms with Crippen LogP contribution in [0.5, 0.6) is 0 Å². The van der Waals surface area contributed by atoms with Crippen LogP contribution in [-0.2, 0) is 10.3 Å². The predicted octanol–water partition coefficient (Wildman–Crippen LogP) is 6.44. The normalized spacial score (nSPS) is 26.0. The van der Waals surface area contributed by atoms with E-state index in [4.69, 9.17) is 14.7 Å². The van der Waals surface area contributed by atoms with Gasteiger partial charge in [0.15, 0.2) is 0 Å². The number of rotatable bonds is 3. The van der Waals surface area contributed by atoms with Crippen LogP contribution in [0.1, 0.15) is 28.4 Å².